The molecular weight excluding hydrogens is 367 g/mol. The number of aromatic nitrogens is 1. The summed E-state index contributed by atoms with van der Waals surface area (Å²) in [4.78, 5) is 17.3. The number of halogens is 1. The van der Waals surface area contributed by atoms with Gasteiger partial charge in [0, 0.05) is 24.0 Å². The average Bonchev–Trinajstić information content (AvgIpc) is 3.16. The second-order valence-electron chi connectivity index (χ2n) is 5.74. The van der Waals surface area contributed by atoms with Gasteiger partial charge in [0.25, 0.3) is 10.2 Å². The van der Waals surface area contributed by atoms with Gasteiger partial charge in [-0.1, -0.05) is 12.1 Å². The number of carbonyl (C=O) groups excluding carboxylic acids is 1. The number of amides is 1. The molecule has 1 aliphatic rings. The van der Waals surface area contributed by atoms with Crippen molar-refractivity contribution < 1.29 is 17.6 Å². The SMILES string of the molecule is NS(=O)(=O)N1CCC[C@H]1C(=O)Nc1ncc(Cc2cccc(F)c2)s1. The van der Waals surface area contributed by atoms with Gasteiger partial charge in [-0.25, -0.2) is 14.5 Å². The van der Waals surface area contributed by atoms with Crippen LogP contribution < -0.4 is 10.5 Å². The van der Waals surface area contributed by atoms with Crippen LogP contribution in [0.4, 0.5) is 9.52 Å². The number of nitrogens with one attached hydrogen (secondary N) is 1. The van der Waals surface area contributed by atoms with Gasteiger partial charge in [-0.2, -0.15) is 12.7 Å². The molecule has 0 unspecified atom stereocenters. The summed E-state index contributed by atoms with van der Waals surface area (Å²) in [5.74, 6) is -0.752. The lowest BCUT2D eigenvalue weighted by Crippen LogP contribution is -2.46. The van der Waals surface area contributed by atoms with Crippen LogP contribution in [0.1, 0.15) is 23.3 Å². The molecule has 1 atom stereocenters. The molecular formula is C15H17FN4O3S2. The molecule has 7 nitrogen and oxygen atoms in total. The third-order valence-corrected chi connectivity index (χ3v) is 5.89. The van der Waals surface area contributed by atoms with Crippen molar-refractivity contribution >= 4 is 32.6 Å². The second-order valence-corrected chi connectivity index (χ2v) is 8.36. The lowest BCUT2D eigenvalue weighted by atomic mass is 10.1. The molecule has 0 saturated carbocycles. The fourth-order valence-electron chi connectivity index (χ4n) is 2.79. The van der Waals surface area contributed by atoms with E-state index >= 15 is 0 Å². The van der Waals surface area contributed by atoms with Crippen LogP contribution in [0.2, 0.25) is 0 Å². The zero-order valence-electron chi connectivity index (χ0n) is 13.2. The van der Waals surface area contributed by atoms with E-state index in [0.29, 0.717) is 24.4 Å². The highest BCUT2D eigenvalue weighted by Crippen LogP contribution is 2.24. The Balaban J connectivity index is 1.66. The van der Waals surface area contributed by atoms with E-state index in [2.05, 4.69) is 10.3 Å². The van der Waals surface area contributed by atoms with E-state index in [0.717, 1.165) is 14.7 Å². The van der Waals surface area contributed by atoms with Gasteiger partial charge in [-0.15, -0.1) is 11.3 Å². The van der Waals surface area contributed by atoms with Gasteiger partial charge in [-0.05, 0) is 30.5 Å². The summed E-state index contributed by atoms with van der Waals surface area (Å²) in [5, 5.41) is 8.15. The summed E-state index contributed by atoms with van der Waals surface area (Å²) >= 11 is 1.26. The Kier molecular flexibility index (Phi) is 5.13. The number of hydrogen-bond acceptors (Lipinski definition) is 5. The number of rotatable bonds is 5. The van der Waals surface area contributed by atoms with E-state index in [-0.39, 0.29) is 12.4 Å². The van der Waals surface area contributed by atoms with Crippen LogP contribution in [0.25, 0.3) is 0 Å². The molecule has 3 N–H and O–H groups in total. The van der Waals surface area contributed by atoms with Crippen molar-refractivity contribution in [2.75, 3.05) is 11.9 Å². The third kappa shape index (κ3) is 4.40. The molecule has 0 radical (unpaired) electrons. The summed E-state index contributed by atoms with van der Waals surface area (Å²) in [6.45, 7) is 0.236. The monoisotopic (exact) mass is 384 g/mol. The minimum Gasteiger partial charge on any atom is -0.301 e. The first-order valence-corrected chi connectivity index (χ1v) is 9.94. The molecule has 1 amide bonds. The van der Waals surface area contributed by atoms with Crippen LogP contribution in [-0.2, 0) is 21.4 Å². The molecule has 1 aromatic heterocycles. The van der Waals surface area contributed by atoms with Crippen molar-refractivity contribution in [3.8, 4) is 0 Å². The largest absolute Gasteiger partial charge is 0.301 e. The quantitative estimate of drug-likeness (QED) is 0.814. The molecule has 10 heteroatoms. The molecule has 1 aliphatic heterocycles. The summed E-state index contributed by atoms with van der Waals surface area (Å²) in [7, 11) is -3.91. The number of benzene rings is 1. The van der Waals surface area contributed by atoms with Crippen LogP contribution in [0, 0.1) is 5.82 Å². The zero-order valence-corrected chi connectivity index (χ0v) is 14.8. The van der Waals surface area contributed by atoms with E-state index in [1.807, 2.05) is 6.07 Å². The molecule has 1 fully saturated rings. The van der Waals surface area contributed by atoms with Crippen molar-refractivity contribution in [3.05, 3.63) is 46.7 Å². The minimum atomic E-state index is -3.91. The fraction of sp³-hybridized carbons (Fsp3) is 0.333. The Morgan fingerprint density at radius 3 is 3.00 bits per heavy atom. The topological polar surface area (TPSA) is 105 Å². The number of carbonyl (C=O) groups is 1. The smallest absolute Gasteiger partial charge is 0.277 e. The van der Waals surface area contributed by atoms with Gasteiger partial charge in [0.2, 0.25) is 5.91 Å². The van der Waals surface area contributed by atoms with Gasteiger partial charge < -0.3 is 5.32 Å². The van der Waals surface area contributed by atoms with Gasteiger partial charge in [0.1, 0.15) is 11.9 Å². The zero-order chi connectivity index (χ0) is 18.0. The normalized spacial score (nSPS) is 18.4. The van der Waals surface area contributed by atoms with Crippen molar-refractivity contribution in [1.82, 2.24) is 9.29 Å². The highest BCUT2D eigenvalue weighted by atomic mass is 32.2. The predicted molar refractivity (Wildman–Crippen MR) is 92.8 cm³/mol. The first kappa shape index (κ1) is 17.9. The number of thiazole rings is 1. The summed E-state index contributed by atoms with van der Waals surface area (Å²) in [5.41, 5.74) is 0.803. The minimum absolute atomic E-state index is 0.236. The van der Waals surface area contributed by atoms with E-state index in [1.54, 1.807) is 12.3 Å². The van der Waals surface area contributed by atoms with Crippen molar-refractivity contribution in [2.24, 2.45) is 5.14 Å². The average molecular weight is 384 g/mol. The first-order chi connectivity index (χ1) is 11.8. The molecule has 1 saturated heterocycles. The molecule has 0 bridgehead atoms. The molecule has 25 heavy (non-hydrogen) atoms. The van der Waals surface area contributed by atoms with Crippen LogP contribution in [-0.4, -0.2) is 36.2 Å². The van der Waals surface area contributed by atoms with Gasteiger partial charge in [0.15, 0.2) is 5.13 Å². The van der Waals surface area contributed by atoms with Crippen LogP contribution in [0.3, 0.4) is 0 Å². The second kappa shape index (κ2) is 7.16. The molecule has 2 heterocycles. The van der Waals surface area contributed by atoms with Crippen molar-refractivity contribution in [2.45, 2.75) is 25.3 Å². The highest BCUT2D eigenvalue weighted by Gasteiger charge is 2.37. The van der Waals surface area contributed by atoms with E-state index in [9.17, 15) is 17.6 Å². The van der Waals surface area contributed by atoms with Gasteiger partial charge in [-0.3, -0.25) is 4.79 Å². The van der Waals surface area contributed by atoms with E-state index in [1.165, 1.54) is 23.5 Å². The lowest BCUT2D eigenvalue weighted by Gasteiger charge is -2.20. The van der Waals surface area contributed by atoms with Crippen LogP contribution in [0.15, 0.2) is 30.5 Å². The van der Waals surface area contributed by atoms with E-state index in [4.69, 9.17) is 5.14 Å². The van der Waals surface area contributed by atoms with Crippen LogP contribution in [0.5, 0.6) is 0 Å². The van der Waals surface area contributed by atoms with Gasteiger partial charge in [0.05, 0.1) is 0 Å². The number of nitrogens with zero attached hydrogens (tertiary/aromatic N) is 2. The standard InChI is InChI=1S/C15H17FN4O3S2/c16-11-4-1-3-10(7-11)8-12-9-18-15(24-12)19-14(21)13-5-2-6-20(13)25(17,22)23/h1,3-4,7,9,13H,2,5-6,8H2,(H2,17,22,23)(H,18,19,21)/t13-/m0/s1. The number of nitrogens with two attached hydrogens (primary N) is 1. The van der Waals surface area contributed by atoms with Crippen molar-refractivity contribution in [1.29, 1.82) is 0 Å². The Bertz CT molecular complexity index is 884. The molecule has 3 rings (SSSR count). The predicted octanol–water partition coefficient (Wildman–Crippen LogP) is 1.48. The third-order valence-electron chi connectivity index (χ3n) is 3.88. The van der Waals surface area contributed by atoms with Crippen LogP contribution >= 0.6 is 11.3 Å². The maximum Gasteiger partial charge on any atom is 0.277 e. The Morgan fingerprint density at radius 1 is 1.48 bits per heavy atom. The molecule has 0 spiro atoms. The highest BCUT2D eigenvalue weighted by molar-refractivity contribution is 7.86. The molecule has 2 aromatic rings. The molecule has 134 valence electrons. The molecule has 0 aliphatic carbocycles. The first-order valence-electron chi connectivity index (χ1n) is 7.62. The maximum atomic E-state index is 13.2. The summed E-state index contributed by atoms with van der Waals surface area (Å²) < 4.78 is 37.3. The van der Waals surface area contributed by atoms with Gasteiger partial charge >= 0.3 is 0 Å². The Hall–Kier alpha value is -1.88. The number of anilines is 1. The fourth-order valence-corrected chi connectivity index (χ4v) is 4.58. The Morgan fingerprint density at radius 2 is 2.28 bits per heavy atom. The summed E-state index contributed by atoms with van der Waals surface area (Å²) in [6.07, 6.45) is 3.11. The number of hydrogen-bond donors (Lipinski definition) is 2. The summed E-state index contributed by atoms with van der Waals surface area (Å²) in [6, 6.07) is 5.45. The van der Waals surface area contributed by atoms with E-state index < -0.39 is 22.2 Å². The Labute approximate surface area is 148 Å². The maximum absolute atomic E-state index is 13.2. The van der Waals surface area contributed by atoms with Crippen molar-refractivity contribution in [3.63, 3.8) is 0 Å². The molecule has 1 aromatic carbocycles. The lowest BCUT2D eigenvalue weighted by molar-refractivity contribution is -0.119.